The summed E-state index contributed by atoms with van der Waals surface area (Å²) in [4.78, 5) is 4.26. The molecule has 4 nitrogen and oxygen atoms in total. The van der Waals surface area contributed by atoms with Crippen LogP contribution in [0.25, 0.3) is 11.4 Å². The minimum atomic E-state index is 0.164. The van der Waals surface area contributed by atoms with Crippen LogP contribution < -0.4 is 4.74 Å². The Hall–Kier alpha value is -2.04. The van der Waals surface area contributed by atoms with Crippen molar-refractivity contribution < 1.29 is 9.26 Å². The van der Waals surface area contributed by atoms with Crippen LogP contribution >= 0.6 is 23.2 Å². The summed E-state index contributed by atoms with van der Waals surface area (Å²) in [5.74, 6) is 1.44. The summed E-state index contributed by atoms with van der Waals surface area (Å²) >= 11 is 12.0. The first kappa shape index (κ1) is 13.9. The zero-order valence-electron chi connectivity index (χ0n) is 10.8. The van der Waals surface area contributed by atoms with Gasteiger partial charge in [-0.1, -0.05) is 46.6 Å². The monoisotopic (exact) mass is 320 g/mol. The van der Waals surface area contributed by atoms with Crippen molar-refractivity contribution in [3.05, 3.63) is 64.5 Å². The van der Waals surface area contributed by atoms with Crippen molar-refractivity contribution >= 4 is 23.2 Å². The molecule has 0 bridgehead atoms. The number of benzene rings is 2. The Morgan fingerprint density at radius 2 is 1.90 bits per heavy atom. The lowest BCUT2D eigenvalue weighted by atomic mass is 10.2. The highest BCUT2D eigenvalue weighted by Gasteiger charge is 2.11. The van der Waals surface area contributed by atoms with Crippen LogP contribution in [0.1, 0.15) is 5.89 Å². The maximum Gasteiger partial charge on any atom is 0.264 e. The Labute approximate surface area is 131 Å². The molecule has 0 unspecified atom stereocenters. The SMILES string of the molecule is Clc1cccc(OCc2nc(-c3ccccc3Cl)no2)c1. The van der Waals surface area contributed by atoms with Crippen LogP contribution in [0.3, 0.4) is 0 Å². The number of ether oxygens (including phenoxy) is 1. The molecular formula is C15H10Cl2N2O2. The summed E-state index contributed by atoms with van der Waals surface area (Å²) in [5.41, 5.74) is 0.719. The average molecular weight is 321 g/mol. The van der Waals surface area contributed by atoms with E-state index in [2.05, 4.69) is 10.1 Å². The highest BCUT2D eigenvalue weighted by molar-refractivity contribution is 6.33. The molecule has 0 amide bonds. The highest BCUT2D eigenvalue weighted by atomic mass is 35.5. The van der Waals surface area contributed by atoms with E-state index in [1.54, 1.807) is 30.3 Å². The lowest BCUT2D eigenvalue weighted by Crippen LogP contribution is -1.95. The van der Waals surface area contributed by atoms with Crippen molar-refractivity contribution in [3.63, 3.8) is 0 Å². The number of rotatable bonds is 4. The van der Waals surface area contributed by atoms with Crippen LogP contribution in [0.5, 0.6) is 5.75 Å². The summed E-state index contributed by atoms with van der Waals surface area (Å²) in [6.07, 6.45) is 0. The molecule has 0 spiro atoms. The van der Waals surface area contributed by atoms with Gasteiger partial charge in [-0.15, -0.1) is 0 Å². The predicted molar refractivity (Wildman–Crippen MR) is 80.5 cm³/mol. The Morgan fingerprint density at radius 3 is 2.71 bits per heavy atom. The van der Waals surface area contributed by atoms with Gasteiger partial charge in [-0.25, -0.2) is 0 Å². The molecule has 2 aromatic carbocycles. The van der Waals surface area contributed by atoms with Gasteiger partial charge in [0.05, 0.1) is 5.02 Å². The van der Waals surface area contributed by atoms with Crippen LogP contribution in [-0.2, 0) is 6.61 Å². The minimum absolute atomic E-state index is 0.164. The minimum Gasteiger partial charge on any atom is -0.484 e. The van der Waals surface area contributed by atoms with E-state index in [1.165, 1.54) is 0 Å². The normalized spacial score (nSPS) is 10.6. The number of hydrogen-bond acceptors (Lipinski definition) is 4. The van der Waals surface area contributed by atoms with Gasteiger partial charge in [0.25, 0.3) is 5.89 Å². The van der Waals surface area contributed by atoms with Gasteiger partial charge in [-0.3, -0.25) is 0 Å². The zero-order valence-corrected chi connectivity index (χ0v) is 12.3. The molecule has 21 heavy (non-hydrogen) atoms. The van der Waals surface area contributed by atoms with Gasteiger partial charge in [0.2, 0.25) is 5.82 Å². The predicted octanol–water partition coefficient (Wildman–Crippen LogP) is 4.62. The summed E-state index contributed by atoms with van der Waals surface area (Å²) in [5, 5.41) is 5.08. The van der Waals surface area contributed by atoms with Gasteiger partial charge < -0.3 is 9.26 Å². The third-order valence-electron chi connectivity index (χ3n) is 2.74. The summed E-state index contributed by atoms with van der Waals surface area (Å²) < 4.78 is 10.7. The molecule has 0 saturated carbocycles. The molecule has 0 aliphatic rings. The Balaban J connectivity index is 1.72. The Bertz CT molecular complexity index is 759. The van der Waals surface area contributed by atoms with Crippen molar-refractivity contribution in [2.24, 2.45) is 0 Å². The smallest absolute Gasteiger partial charge is 0.264 e. The van der Waals surface area contributed by atoms with Crippen LogP contribution in [0, 0.1) is 0 Å². The van der Waals surface area contributed by atoms with E-state index in [-0.39, 0.29) is 6.61 Å². The van der Waals surface area contributed by atoms with E-state index in [1.807, 2.05) is 18.2 Å². The number of halogens is 2. The molecule has 1 heterocycles. The molecule has 0 aliphatic carbocycles. The molecule has 0 N–H and O–H groups in total. The van der Waals surface area contributed by atoms with E-state index in [0.29, 0.717) is 27.5 Å². The molecular weight excluding hydrogens is 311 g/mol. The van der Waals surface area contributed by atoms with Gasteiger partial charge >= 0.3 is 0 Å². The van der Waals surface area contributed by atoms with Crippen molar-refractivity contribution in [2.45, 2.75) is 6.61 Å². The van der Waals surface area contributed by atoms with Crippen molar-refractivity contribution in [3.8, 4) is 17.1 Å². The highest BCUT2D eigenvalue weighted by Crippen LogP contribution is 2.25. The fourth-order valence-electron chi connectivity index (χ4n) is 1.77. The van der Waals surface area contributed by atoms with Gasteiger partial charge in [-0.05, 0) is 30.3 Å². The van der Waals surface area contributed by atoms with E-state index in [0.717, 1.165) is 5.56 Å². The fraction of sp³-hybridized carbons (Fsp3) is 0.0667. The molecule has 0 fully saturated rings. The quantitative estimate of drug-likeness (QED) is 0.703. The maximum absolute atomic E-state index is 6.09. The molecule has 1 aromatic heterocycles. The summed E-state index contributed by atoms with van der Waals surface area (Å²) in [6.45, 7) is 0.164. The molecule has 3 aromatic rings. The largest absolute Gasteiger partial charge is 0.484 e. The van der Waals surface area contributed by atoms with Crippen molar-refractivity contribution in [2.75, 3.05) is 0 Å². The first-order valence-corrected chi connectivity index (χ1v) is 6.94. The number of nitrogens with zero attached hydrogens (tertiary/aromatic N) is 2. The number of hydrogen-bond donors (Lipinski definition) is 0. The van der Waals surface area contributed by atoms with E-state index < -0.39 is 0 Å². The lowest BCUT2D eigenvalue weighted by molar-refractivity contribution is 0.243. The summed E-state index contributed by atoms with van der Waals surface area (Å²) in [7, 11) is 0. The second-order valence-electron chi connectivity index (χ2n) is 4.24. The molecule has 106 valence electrons. The number of aromatic nitrogens is 2. The van der Waals surface area contributed by atoms with E-state index in [9.17, 15) is 0 Å². The van der Waals surface area contributed by atoms with Crippen molar-refractivity contribution in [1.82, 2.24) is 10.1 Å². The Morgan fingerprint density at radius 1 is 1.05 bits per heavy atom. The van der Waals surface area contributed by atoms with Crippen LogP contribution in [0.2, 0.25) is 10.0 Å². The average Bonchev–Trinajstić information content (AvgIpc) is 2.94. The Kier molecular flexibility index (Phi) is 4.08. The molecule has 0 aliphatic heterocycles. The van der Waals surface area contributed by atoms with Gasteiger partial charge in [0.1, 0.15) is 5.75 Å². The molecule has 0 saturated heterocycles. The van der Waals surface area contributed by atoms with Crippen LogP contribution in [-0.4, -0.2) is 10.1 Å². The molecule has 0 atom stereocenters. The molecule has 6 heteroatoms. The maximum atomic E-state index is 6.09. The van der Waals surface area contributed by atoms with Crippen molar-refractivity contribution in [1.29, 1.82) is 0 Å². The fourth-order valence-corrected chi connectivity index (χ4v) is 2.17. The summed E-state index contributed by atoms with van der Waals surface area (Å²) in [6, 6.07) is 14.4. The first-order chi connectivity index (χ1) is 10.2. The van der Waals surface area contributed by atoms with Gasteiger partial charge in [0.15, 0.2) is 6.61 Å². The van der Waals surface area contributed by atoms with E-state index >= 15 is 0 Å². The van der Waals surface area contributed by atoms with E-state index in [4.69, 9.17) is 32.5 Å². The lowest BCUT2D eigenvalue weighted by Gasteiger charge is -2.02. The second kappa shape index (κ2) is 6.16. The molecule has 3 rings (SSSR count). The topological polar surface area (TPSA) is 48.2 Å². The van der Waals surface area contributed by atoms with Gasteiger partial charge in [-0.2, -0.15) is 4.98 Å². The molecule has 0 radical (unpaired) electrons. The third-order valence-corrected chi connectivity index (χ3v) is 3.31. The standard InChI is InChI=1S/C15H10Cl2N2O2/c16-10-4-3-5-11(8-10)20-9-14-18-15(19-21-14)12-6-1-2-7-13(12)17/h1-8H,9H2. The third kappa shape index (κ3) is 3.35. The first-order valence-electron chi connectivity index (χ1n) is 6.18. The zero-order chi connectivity index (χ0) is 14.7. The van der Waals surface area contributed by atoms with Crippen LogP contribution in [0.4, 0.5) is 0 Å². The second-order valence-corrected chi connectivity index (χ2v) is 5.08. The van der Waals surface area contributed by atoms with Crippen LogP contribution in [0.15, 0.2) is 53.1 Å². The van der Waals surface area contributed by atoms with Gasteiger partial charge in [0, 0.05) is 10.6 Å².